The summed E-state index contributed by atoms with van der Waals surface area (Å²) in [6.45, 7) is 6.60. The normalized spacial score (nSPS) is 14.7. The molecular weight excluding hydrogens is 602 g/mol. The number of hydrogen-bond donors (Lipinski definition) is 2. The topological polar surface area (TPSA) is 52.9 Å². The Morgan fingerprint density at radius 3 is 1.14 bits per heavy atom. The third-order valence-corrected chi connectivity index (χ3v) is 11.2. The van der Waals surface area contributed by atoms with E-state index < -0.39 is 10.8 Å². The van der Waals surface area contributed by atoms with Crippen molar-refractivity contribution in [1.29, 1.82) is 0 Å². The lowest BCUT2D eigenvalue weighted by Crippen LogP contribution is -2.28. The number of ether oxygens (including phenoxy) is 1. The van der Waals surface area contributed by atoms with Gasteiger partial charge in [0, 0.05) is 59.8 Å². The first-order valence-corrected chi connectivity index (χ1v) is 17.1. The van der Waals surface area contributed by atoms with Gasteiger partial charge in [-0.05, 0) is 58.4 Å². The van der Waals surface area contributed by atoms with Crippen LogP contribution in [0.3, 0.4) is 0 Å². The van der Waals surface area contributed by atoms with Gasteiger partial charge in [-0.1, -0.05) is 133 Å². The van der Waals surface area contributed by atoms with E-state index in [1.54, 1.807) is 7.11 Å². The van der Waals surface area contributed by atoms with Crippen molar-refractivity contribution >= 4 is 0 Å². The molecule has 0 aliphatic heterocycles. The van der Waals surface area contributed by atoms with Crippen LogP contribution in [0.1, 0.15) is 58.4 Å². The van der Waals surface area contributed by atoms with Crippen LogP contribution in [0, 0.1) is 0 Å². The summed E-state index contributed by atoms with van der Waals surface area (Å²) in [6.07, 6.45) is 0. The Bertz CT molecular complexity index is 1960. The molecule has 2 N–H and O–H groups in total. The Kier molecular flexibility index (Phi) is 7.66. The minimum atomic E-state index is -0.499. The first-order chi connectivity index (χ1) is 23.9. The molecular formula is C45H41NO3. The summed E-state index contributed by atoms with van der Waals surface area (Å²) in [4.78, 5) is 2.25. The lowest BCUT2D eigenvalue weighted by atomic mass is 9.73. The standard InChI is InChI=1S/C45H41NO3/c1-44(36-20-8-4-16-32(36)33-17-5-9-21-37(33)44)40-24-12-14-30(42(40)47)28-46(26-27-49-3)29-31-15-13-25-41(43(31)48)45(2)38-22-10-6-18-34(38)35-19-7-11-23-39(35)45/h4-25,47-48H,26-29H2,1-3H3. The van der Waals surface area contributed by atoms with Gasteiger partial charge in [0.15, 0.2) is 0 Å². The first-order valence-electron chi connectivity index (χ1n) is 17.1. The van der Waals surface area contributed by atoms with E-state index in [9.17, 15) is 10.2 Å². The molecule has 4 heteroatoms. The predicted octanol–water partition coefficient (Wildman–Crippen LogP) is 9.42. The molecule has 0 heterocycles. The average Bonchev–Trinajstić information content (AvgIpc) is 3.55. The fourth-order valence-corrected chi connectivity index (χ4v) is 8.65. The van der Waals surface area contributed by atoms with Gasteiger partial charge in [0.1, 0.15) is 11.5 Å². The van der Waals surface area contributed by atoms with Gasteiger partial charge in [-0.2, -0.15) is 0 Å². The third kappa shape index (κ3) is 4.74. The molecule has 6 aromatic rings. The van der Waals surface area contributed by atoms with E-state index in [2.05, 4.69) is 140 Å². The molecule has 0 bridgehead atoms. The van der Waals surface area contributed by atoms with Gasteiger partial charge in [-0.3, -0.25) is 4.90 Å². The molecule has 2 aliphatic carbocycles. The number of nitrogens with zero attached hydrogens (tertiary/aromatic N) is 1. The van der Waals surface area contributed by atoms with Crippen LogP contribution in [0.5, 0.6) is 11.5 Å². The number of phenols is 2. The lowest BCUT2D eigenvalue weighted by molar-refractivity contribution is 0.138. The van der Waals surface area contributed by atoms with Crippen LogP contribution in [0.15, 0.2) is 133 Å². The Balaban J connectivity index is 1.16. The number of benzene rings is 6. The SMILES string of the molecule is COCCN(Cc1cccc(C2(C)c3ccccc3-c3ccccc32)c1O)Cc1cccc(C2(C)c3ccccc3-c3ccccc32)c1O. The molecule has 0 fully saturated rings. The van der Waals surface area contributed by atoms with Crippen molar-refractivity contribution in [3.63, 3.8) is 0 Å². The number of rotatable bonds is 9. The number of phenolic OH excluding ortho intramolecular Hbond substituents is 2. The van der Waals surface area contributed by atoms with E-state index in [1.165, 1.54) is 44.5 Å². The molecule has 2 aliphatic rings. The Hall–Kier alpha value is -5.16. The summed E-state index contributed by atoms with van der Waals surface area (Å²) in [6, 6.07) is 46.4. The van der Waals surface area contributed by atoms with E-state index in [0.717, 1.165) is 22.3 Å². The Morgan fingerprint density at radius 1 is 0.469 bits per heavy atom. The van der Waals surface area contributed by atoms with Crippen LogP contribution in [-0.4, -0.2) is 35.4 Å². The maximum Gasteiger partial charge on any atom is 0.124 e. The van der Waals surface area contributed by atoms with Crippen molar-refractivity contribution in [1.82, 2.24) is 4.90 Å². The van der Waals surface area contributed by atoms with Crippen molar-refractivity contribution in [2.75, 3.05) is 20.3 Å². The van der Waals surface area contributed by atoms with Gasteiger partial charge in [-0.25, -0.2) is 0 Å². The summed E-state index contributed by atoms with van der Waals surface area (Å²) in [5, 5.41) is 24.1. The van der Waals surface area contributed by atoms with Crippen LogP contribution in [0.25, 0.3) is 22.3 Å². The lowest BCUT2D eigenvalue weighted by Gasteiger charge is -2.31. The van der Waals surface area contributed by atoms with Gasteiger partial charge >= 0.3 is 0 Å². The highest BCUT2D eigenvalue weighted by atomic mass is 16.5. The van der Waals surface area contributed by atoms with E-state index in [0.29, 0.717) is 37.7 Å². The van der Waals surface area contributed by atoms with Crippen molar-refractivity contribution in [3.8, 4) is 33.8 Å². The molecule has 244 valence electrons. The zero-order valence-corrected chi connectivity index (χ0v) is 28.3. The second kappa shape index (κ2) is 12.1. The van der Waals surface area contributed by atoms with E-state index in [4.69, 9.17) is 4.74 Å². The molecule has 8 rings (SSSR count). The Morgan fingerprint density at radius 2 is 0.796 bits per heavy atom. The number of para-hydroxylation sites is 2. The molecule has 0 spiro atoms. The molecule has 0 unspecified atom stereocenters. The largest absolute Gasteiger partial charge is 0.507 e. The highest BCUT2D eigenvalue weighted by Crippen LogP contribution is 2.56. The van der Waals surface area contributed by atoms with Crippen LogP contribution in [-0.2, 0) is 28.7 Å². The molecule has 49 heavy (non-hydrogen) atoms. The number of aromatic hydroxyl groups is 2. The average molecular weight is 644 g/mol. The summed E-state index contributed by atoms with van der Waals surface area (Å²) in [5.74, 6) is 0.618. The molecule has 0 saturated carbocycles. The highest BCUT2D eigenvalue weighted by molar-refractivity contribution is 5.85. The zero-order valence-electron chi connectivity index (χ0n) is 28.3. The monoisotopic (exact) mass is 643 g/mol. The number of methoxy groups -OCH3 is 1. The van der Waals surface area contributed by atoms with Gasteiger partial charge in [0.2, 0.25) is 0 Å². The third-order valence-electron chi connectivity index (χ3n) is 11.2. The molecule has 0 amide bonds. The fourth-order valence-electron chi connectivity index (χ4n) is 8.65. The maximum absolute atomic E-state index is 12.1. The molecule has 0 aromatic heterocycles. The fraction of sp³-hybridized carbons (Fsp3) is 0.200. The van der Waals surface area contributed by atoms with Crippen molar-refractivity contribution in [3.05, 3.63) is 178 Å². The van der Waals surface area contributed by atoms with E-state index in [-0.39, 0.29) is 0 Å². The van der Waals surface area contributed by atoms with Gasteiger partial charge in [-0.15, -0.1) is 0 Å². The molecule has 0 atom stereocenters. The smallest absolute Gasteiger partial charge is 0.124 e. The molecule has 0 saturated heterocycles. The van der Waals surface area contributed by atoms with Crippen LogP contribution in [0.4, 0.5) is 0 Å². The van der Waals surface area contributed by atoms with E-state index in [1.807, 2.05) is 12.1 Å². The predicted molar refractivity (Wildman–Crippen MR) is 197 cm³/mol. The zero-order chi connectivity index (χ0) is 33.8. The van der Waals surface area contributed by atoms with Crippen LogP contribution < -0.4 is 0 Å². The summed E-state index contributed by atoms with van der Waals surface area (Å²) in [7, 11) is 1.71. The molecule has 0 radical (unpaired) electrons. The van der Waals surface area contributed by atoms with E-state index >= 15 is 0 Å². The van der Waals surface area contributed by atoms with Gasteiger partial charge in [0.25, 0.3) is 0 Å². The second-order valence-corrected chi connectivity index (χ2v) is 13.8. The van der Waals surface area contributed by atoms with Crippen LogP contribution in [0.2, 0.25) is 0 Å². The minimum Gasteiger partial charge on any atom is -0.507 e. The van der Waals surface area contributed by atoms with Crippen LogP contribution >= 0.6 is 0 Å². The van der Waals surface area contributed by atoms with Crippen molar-refractivity contribution < 1.29 is 14.9 Å². The van der Waals surface area contributed by atoms with Gasteiger partial charge in [0.05, 0.1) is 6.61 Å². The number of hydrogen-bond acceptors (Lipinski definition) is 4. The maximum atomic E-state index is 12.1. The van der Waals surface area contributed by atoms with Crippen molar-refractivity contribution in [2.24, 2.45) is 0 Å². The highest BCUT2D eigenvalue weighted by Gasteiger charge is 2.43. The second-order valence-electron chi connectivity index (χ2n) is 13.8. The summed E-state index contributed by atoms with van der Waals surface area (Å²) >= 11 is 0. The quantitative estimate of drug-likeness (QED) is 0.165. The molecule has 6 aromatic carbocycles. The summed E-state index contributed by atoms with van der Waals surface area (Å²) in [5.41, 5.74) is 12.1. The molecule has 4 nitrogen and oxygen atoms in total. The van der Waals surface area contributed by atoms with Crippen molar-refractivity contribution in [2.45, 2.75) is 37.8 Å². The summed E-state index contributed by atoms with van der Waals surface area (Å²) < 4.78 is 5.54. The first kappa shape index (κ1) is 31.1. The minimum absolute atomic E-state index is 0.309. The number of fused-ring (bicyclic) bond motifs is 6. The Labute approximate surface area is 288 Å². The van der Waals surface area contributed by atoms with Gasteiger partial charge < -0.3 is 14.9 Å².